The lowest BCUT2D eigenvalue weighted by Gasteiger charge is -2.07. The Balaban J connectivity index is 2.37. The molecule has 0 spiro atoms. The highest BCUT2D eigenvalue weighted by atomic mass is 15.1. The normalized spacial score (nSPS) is 11.8. The van der Waals surface area contributed by atoms with E-state index >= 15 is 0 Å². The molecule has 0 aliphatic heterocycles. The Kier molecular flexibility index (Phi) is 4.53. The van der Waals surface area contributed by atoms with Gasteiger partial charge in [-0.1, -0.05) is 13.8 Å². The lowest BCUT2D eigenvalue weighted by Crippen LogP contribution is -2.34. The second kappa shape index (κ2) is 5.95. The van der Waals surface area contributed by atoms with Crippen molar-refractivity contribution in [3.05, 3.63) is 24.3 Å². The predicted octanol–water partition coefficient (Wildman–Crippen LogP) is 0.537. The second-order valence-electron chi connectivity index (χ2n) is 3.68. The third-order valence-corrected chi connectivity index (χ3v) is 1.75. The first-order valence-electron chi connectivity index (χ1n) is 4.97. The molecule has 1 aromatic heterocycles. The maximum absolute atomic E-state index is 5.67. The number of aromatic nitrogens is 2. The van der Waals surface area contributed by atoms with Crippen LogP contribution in [0.25, 0.3) is 0 Å². The first-order chi connectivity index (χ1) is 7.18. The van der Waals surface area contributed by atoms with Crippen LogP contribution in [0.2, 0.25) is 0 Å². The van der Waals surface area contributed by atoms with Gasteiger partial charge in [0.1, 0.15) is 6.33 Å². The molecular weight excluding hydrogens is 190 g/mol. The first-order valence-corrected chi connectivity index (χ1v) is 4.97. The number of nitrogens with one attached hydrogen (secondary N) is 1. The van der Waals surface area contributed by atoms with E-state index < -0.39 is 0 Å². The third kappa shape index (κ3) is 4.95. The zero-order valence-corrected chi connectivity index (χ0v) is 9.14. The Morgan fingerprint density at radius 3 is 3.00 bits per heavy atom. The molecule has 5 nitrogen and oxygen atoms in total. The number of aliphatic imine (C=N–C) groups is 1. The Morgan fingerprint density at radius 2 is 2.40 bits per heavy atom. The van der Waals surface area contributed by atoms with Crippen molar-refractivity contribution in [1.29, 1.82) is 0 Å². The summed E-state index contributed by atoms with van der Waals surface area (Å²) in [7, 11) is 0. The van der Waals surface area contributed by atoms with E-state index in [2.05, 4.69) is 34.1 Å². The summed E-state index contributed by atoms with van der Waals surface area (Å²) in [6.07, 6.45) is 3.19. The molecule has 1 rings (SSSR count). The standard InChI is InChI=1S/C10H17N5/c1-8(2)5-13-10(11)14-6-9-3-4-12-7-15-9/h3-4,7-8H,5-6H2,1-2H3,(H3,11,13,14). The second-order valence-corrected chi connectivity index (χ2v) is 3.68. The van der Waals surface area contributed by atoms with Gasteiger partial charge in [0, 0.05) is 12.7 Å². The van der Waals surface area contributed by atoms with Gasteiger partial charge in [-0.15, -0.1) is 0 Å². The lowest BCUT2D eigenvalue weighted by molar-refractivity contribution is 0.621. The average Bonchev–Trinajstić information content (AvgIpc) is 2.25. The van der Waals surface area contributed by atoms with Crippen LogP contribution in [-0.4, -0.2) is 22.5 Å². The Bertz CT molecular complexity index is 307. The van der Waals surface area contributed by atoms with Gasteiger partial charge in [-0.05, 0) is 12.0 Å². The molecule has 0 aliphatic carbocycles. The molecular formula is C10H17N5. The highest BCUT2D eigenvalue weighted by Crippen LogP contribution is 1.93. The molecule has 0 saturated carbocycles. The largest absolute Gasteiger partial charge is 0.370 e. The van der Waals surface area contributed by atoms with E-state index in [9.17, 15) is 0 Å². The fourth-order valence-corrected chi connectivity index (χ4v) is 0.942. The van der Waals surface area contributed by atoms with Crippen LogP contribution in [0.3, 0.4) is 0 Å². The molecule has 0 amide bonds. The Morgan fingerprint density at radius 1 is 1.60 bits per heavy atom. The first kappa shape index (κ1) is 11.4. The quantitative estimate of drug-likeness (QED) is 0.558. The number of hydrogen-bond acceptors (Lipinski definition) is 3. The van der Waals surface area contributed by atoms with Crippen LogP contribution in [0.15, 0.2) is 23.6 Å². The van der Waals surface area contributed by atoms with Gasteiger partial charge < -0.3 is 11.1 Å². The van der Waals surface area contributed by atoms with E-state index in [1.54, 1.807) is 6.20 Å². The zero-order valence-electron chi connectivity index (χ0n) is 9.14. The smallest absolute Gasteiger partial charge is 0.188 e. The summed E-state index contributed by atoms with van der Waals surface area (Å²) >= 11 is 0. The Labute approximate surface area is 89.8 Å². The van der Waals surface area contributed by atoms with Gasteiger partial charge in [0.2, 0.25) is 0 Å². The molecule has 0 saturated heterocycles. The molecule has 5 heteroatoms. The predicted molar refractivity (Wildman–Crippen MR) is 60.2 cm³/mol. The minimum Gasteiger partial charge on any atom is -0.370 e. The summed E-state index contributed by atoms with van der Waals surface area (Å²) in [5.41, 5.74) is 6.53. The number of rotatable bonds is 4. The van der Waals surface area contributed by atoms with Crippen molar-refractivity contribution in [2.24, 2.45) is 16.6 Å². The average molecular weight is 207 g/mol. The van der Waals surface area contributed by atoms with Gasteiger partial charge in [0.15, 0.2) is 5.96 Å². The minimum absolute atomic E-state index is 0.460. The molecule has 0 radical (unpaired) electrons. The summed E-state index contributed by atoms with van der Waals surface area (Å²) in [5.74, 6) is 1.01. The monoisotopic (exact) mass is 207 g/mol. The van der Waals surface area contributed by atoms with Crippen molar-refractivity contribution in [2.75, 3.05) is 6.54 Å². The number of nitrogens with two attached hydrogens (primary N) is 1. The topological polar surface area (TPSA) is 76.2 Å². The molecule has 15 heavy (non-hydrogen) atoms. The van der Waals surface area contributed by atoms with Crippen LogP contribution < -0.4 is 11.1 Å². The highest BCUT2D eigenvalue weighted by molar-refractivity contribution is 5.77. The van der Waals surface area contributed by atoms with E-state index in [1.807, 2.05) is 6.07 Å². The van der Waals surface area contributed by atoms with Crippen molar-refractivity contribution >= 4 is 5.96 Å². The SMILES string of the molecule is CC(C)CNC(N)=NCc1ccncn1. The van der Waals surface area contributed by atoms with Gasteiger partial charge in [-0.25, -0.2) is 15.0 Å². The molecule has 1 aromatic rings. The van der Waals surface area contributed by atoms with E-state index in [0.717, 1.165) is 12.2 Å². The van der Waals surface area contributed by atoms with Crippen LogP contribution >= 0.6 is 0 Å². The van der Waals surface area contributed by atoms with E-state index in [-0.39, 0.29) is 0 Å². The van der Waals surface area contributed by atoms with Crippen molar-refractivity contribution in [3.8, 4) is 0 Å². The molecule has 0 bridgehead atoms. The van der Waals surface area contributed by atoms with Gasteiger partial charge in [0.25, 0.3) is 0 Å². The van der Waals surface area contributed by atoms with Gasteiger partial charge >= 0.3 is 0 Å². The summed E-state index contributed by atoms with van der Waals surface area (Å²) in [5, 5.41) is 3.04. The van der Waals surface area contributed by atoms with Crippen molar-refractivity contribution in [2.45, 2.75) is 20.4 Å². The number of nitrogens with zero attached hydrogens (tertiary/aromatic N) is 3. The molecule has 82 valence electrons. The summed E-state index contributed by atoms with van der Waals surface area (Å²) < 4.78 is 0. The summed E-state index contributed by atoms with van der Waals surface area (Å²) in [4.78, 5) is 12.0. The fourth-order valence-electron chi connectivity index (χ4n) is 0.942. The highest BCUT2D eigenvalue weighted by Gasteiger charge is 1.95. The van der Waals surface area contributed by atoms with Crippen molar-refractivity contribution in [3.63, 3.8) is 0 Å². The van der Waals surface area contributed by atoms with Crippen molar-refractivity contribution < 1.29 is 0 Å². The Hall–Kier alpha value is -1.65. The number of guanidine groups is 1. The van der Waals surface area contributed by atoms with Crippen LogP contribution in [0.5, 0.6) is 0 Å². The van der Waals surface area contributed by atoms with Crippen LogP contribution in [0.4, 0.5) is 0 Å². The molecule has 0 aromatic carbocycles. The third-order valence-electron chi connectivity index (χ3n) is 1.75. The van der Waals surface area contributed by atoms with Crippen LogP contribution in [0, 0.1) is 5.92 Å². The van der Waals surface area contributed by atoms with Gasteiger partial charge in [-0.3, -0.25) is 0 Å². The zero-order chi connectivity index (χ0) is 11.1. The minimum atomic E-state index is 0.460. The molecule has 1 heterocycles. The fraction of sp³-hybridized carbons (Fsp3) is 0.500. The van der Waals surface area contributed by atoms with E-state index in [0.29, 0.717) is 18.4 Å². The molecule has 0 aliphatic rings. The molecule has 0 unspecified atom stereocenters. The maximum Gasteiger partial charge on any atom is 0.188 e. The van der Waals surface area contributed by atoms with E-state index in [4.69, 9.17) is 5.73 Å². The molecule has 0 fully saturated rings. The molecule has 3 N–H and O–H groups in total. The summed E-state index contributed by atoms with van der Waals surface area (Å²) in [6, 6.07) is 1.82. The lowest BCUT2D eigenvalue weighted by atomic mass is 10.2. The molecule has 0 atom stereocenters. The summed E-state index contributed by atoms with van der Waals surface area (Å²) in [6.45, 7) is 5.55. The number of hydrogen-bond donors (Lipinski definition) is 2. The van der Waals surface area contributed by atoms with Gasteiger partial charge in [-0.2, -0.15) is 0 Å². The van der Waals surface area contributed by atoms with E-state index in [1.165, 1.54) is 6.33 Å². The maximum atomic E-state index is 5.67. The van der Waals surface area contributed by atoms with Crippen LogP contribution in [-0.2, 0) is 6.54 Å². The van der Waals surface area contributed by atoms with Gasteiger partial charge in [0.05, 0.1) is 12.2 Å². The van der Waals surface area contributed by atoms with Crippen LogP contribution in [0.1, 0.15) is 19.5 Å². The van der Waals surface area contributed by atoms with Crippen molar-refractivity contribution in [1.82, 2.24) is 15.3 Å².